The van der Waals surface area contributed by atoms with Crippen LogP contribution >= 0.6 is 0 Å². The average Bonchev–Trinajstić information content (AvgIpc) is 2.77. The normalized spacial score (nSPS) is 11.3. The number of rotatable bonds is 1. The third-order valence-corrected chi connectivity index (χ3v) is 2.43. The Morgan fingerprint density at radius 1 is 1.33 bits per heavy atom. The van der Waals surface area contributed by atoms with Crippen molar-refractivity contribution < 1.29 is 13.2 Å². The van der Waals surface area contributed by atoms with Crippen molar-refractivity contribution in [2.75, 3.05) is 0 Å². The standard InChI is InChI=1S/C12H8F3N3/c1-8-2-3-9(5-16)11(4-8)18-7-10(6-17-18)12(13,14)15/h2-4,6-7H,1H3. The molecule has 0 amide bonds. The second-order valence-electron chi connectivity index (χ2n) is 3.80. The quantitative estimate of drug-likeness (QED) is 0.781. The first-order chi connectivity index (χ1) is 8.41. The molecule has 1 aromatic carbocycles. The van der Waals surface area contributed by atoms with Crippen LogP contribution in [0.5, 0.6) is 0 Å². The lowest BCUT2D eigenvalue weighted by molar-refractivity contribution is -0.137. The van der Waals surface area contributed by atoms with E-state index < -0.39 is 11.7 Å². The zero-order valence-electron chi connectivity index (χ0n) is 9.36. The molecule has 2 rings (SSSR count). The molecule has 6 heteroatoms. The molecular formula is C12H8F3N3. The fourth-order valence-electron chi connectivity index (χ4n) is 1.53. The summed E-state index contributed by atoms with van der Waals surface area (Å²) in [6, 6.07) is 6.82. The van der Waals surface area contributed by atoms with Crippen LogP contribution in [0.15, 0.2) is 30.6 Å². The van der Waals surface area contributed by atoms with Crippen LogP contribution in [0.1, 0.15) is 16.7 Å². The van der Waals surface area contributed by atoms with E-state index in [0.717, 1.165) is 22.6 Å². The first-order valence-electron chi connectivity index (χ1n) is 5.05. The van der Waals surface area contributed by atoms with Crippen molar-refractivity contribution in [2.45, 2.75) is 13.1 Å². The van der Waals surface area contributed by atoms with Gasteiger partial charge in [-0.05, 0) is 24.6 Å². The van der Waals surface area contributed by atoms with Gasteiger partial charge >= 0.3 is 6.18 Å². The van der Waals surface area contributed by atoms with E-state index in [1.165, 1.54) is 0 Å². The lowest BCUT2D eigenvalue weighted by Crippen LogP contribution is -2.03. The summed E-state index contributed by atoms with van der Waals surface area (Å²) in [5.41, 5.74) is 0.617. The number of alkyl halides is 3. The minimum atomic E-state index is -4.44. The van der Waals surface area contributed by atoms with Gasteiger partial charge in [0.2, 0.25) is 0 Å². The fraction of sp³-hybridized carbons (Fsp3) is 0.167. The van der Waals surface area contributed by atoms with E-state index in [1.807, 2.05) is 6.07 Å². The minimum absolute atomic E-state index is 0.275. The monoisotopic (exact) mass is 251 g/mol. The van der Waals surface area contributed by atoms with Crippen LogP contribution in [0.3, 0.4) is 0 Å². The lowest BCUT2D eigenvalue weighted by atomic mass is 10.1. The maximum absolute atomic E-state index is 12.5. The summed E-state index contributed by atoms with van der Waals surface area (Å²) in [5, 5.41) is 12.6. The Morgan fingerprint density at radius 2 is 2.06 bits per heavy atom. The summed E-state index contributed by atoms with van der Waals surface area (Å²) in [4.78, 5) is 0. The van der Waals surface area contributed by atoms with Crippen LogP contribution in [-0.2, 0) is 6.18 Å². The predicted molar refractivity (Wildman–Crippen MR) is 58.0 cm³/mol. The molecule has 0 saturated heterocycles. The molecule has 0 fully saturated rings. The first kappa shape index (κ1) is 12.2. The van der Waals surface area contributed by atoms with Gasteiger partial charge in [-0.25, -0.2) is 4.68 Å². The van der Waals surface area contributed by atoms with E-state index in [0.29, 0.717) is 5.69 Å². The van der Waals surface area contributed by atoms with Crippen molar-refractivity contribution in [3.63, 3.8) is 0 Å². The van der Waals surface area contributed by atoms with Crippen LogP contribution in [0.2, 0.25) is 0 Å². The highest BCUT2D eigenvalue weighted by atomic mass is 19.4. The first-order valence-corrected chi connectivity index (χ1v) is 5.05. The van der Waals surface area contributed by atoms with Crippen LogP contribution in [0.25, 0.3) is 5.69 Å². The zero-order chi connectivity index (χ0) is 13.3. The van der Waals surface area contributed by atoms with Crippen molar-refractivity contribution in [3.8, 4) is 11.8 Å². The van der Waals surface area contributed by atoms with Gasteiger partial charge in [0.1, 0.15) is 6.07 Å². The van der Waals surface area contributed by atoms with Crippen molar-refractivity contribution in [3.05, 3.63) is 47.3 Å². The number of halogens is 3. The highest BCUT2D eigenvalue weighted by Gasteiger charge is 2.32. The summed E-state index contributed by atoms with van der Waals surface area (Å²) >= 11 is 0. The third-order valence-electron chi connectivity index (χ3n) is 2.43. The number of benzene rings is 1. The second kappa shape index (κ2) is 4.18. The number of nitriles is 1. The highest BCUT2D eigenvalue weighted by molar-refractivity contribution is 5.50. The molecule has 18 heavy (non-hydrogen) atoms. The molecule has 0 atom stereocenters. The second-order valence-corrected chi connectivity index (χ2v) is 3.80. The SMILES string of the molecule is Cc1ccc(C#N)c(-n2cc(C(F)(F)F)cn2)c1. The molecule has 0 radical (unpaired) electrons. The van der Waals surface area contributed by atoms with Gasteiger partial charge < -0.3 is 0 Å². The molecule has 0 unspecified atom stereocenters. The Balaban J connectivity index is 2.53. The van der Waals surface area contributed by atoms with Gasteiger partial charge in [0.25, 0.3) is 0 Å². The van der Waals surface area contributed by atoms with Crippen LogP contribution in [-0.4, -0.2) is 9.78 Å². The maximum Gasteiger partial charge on any atom is 0.419 e. The van der Waals surface area contributed by atoms with Crippen molar-refractivity contribution in [1.29, 1.82) is 5.26 Å². The molecule has 0 N–H and O–H groups in total. The Labute approximate surface area is 101 Å². The molecule has 0 aliphatic carbocycles. The third kappa shape index (κ3) is 2.20. The summed E-state index contributed by atoms with van der Waals surface area (Å²) in [6.07, 6.45) is -2.83. The lowest BCUT2D eigenvalue weighted by Gasteiger charge is -2.05. The molecule has 1 aromatic heterocycles. The van der Waals surface area contributed by atoms with Gasteiger partial charge in [0, 0.05) is 6.20 Å². The molecule has 0 bridgehead atoms. The number of hydrogen-bond donors (Lipinski definition) is 0. The topological polar surface area (TPSA) is 41.6 Å². The Kier molecular flexibility index (Phi) is 2.83. The van der Waals surface area contributed by atoms with Crippen LogP contribution in [0.4, 0.5) is 13.2 Å². The molecule has 2 aromatic rings. The van der Waals surface area contributed by atoms with E-state index in [4.69, 9.17) is 5.26 Å². The van der Waals surface area contributed by atoms with Crippen LogP contribution in [0, 0.1) is 18.3 Å². The Hall–Kier alpha value is -2.29. The number of nitrogens with zero attached hydrogens (tertiary/aromatic N) is 3. The number of aromatic nitrogens is 2. The van der Waals surface area contributed by atoms with Gasteiger partial charge in [-0.3, -0.25) is 0 Å². The smallest absolute Gasteiger partial charge is 0.239 e. The highest BCUT2D eigenvalue weighted by Crippen LogP contribution is 2.29. The van der Waals surface area contributed by atoms with Gasteiger partial charge in [0.05, 0.1) is 23.0 Å². The van der Waals surface area contributed by atoms with Gasteiger partial charge in [-0.15, -0.1) is 0 Å². The van der Waals surface area contributed by atoms with E-state index in [9.17, 15) is 13.2 Å². The van der Waals surface area contributed by atoms with E-state index in [-0.39, 0.29) is 5.56 Å². The number of aryl methyl sites for hydroxylation is 1. The van der Waals surface area contributed by atoms with E-state index >= 15 is 0 Å². The zero-order valence-corrected chi connectivity index (χ0v) is 9.36. The van der Waals surface area contributed by atoms with Gasteiger partial charge in [-0.2, -0.15) is 23.5 Å². The number of hydrogen-bond acceptors (Lipinski definition) is 2. The Morgan fingerprint density at radius 3 is 2.61 bits per heavy atom. The molecular weight excluding hydrogens is 243 g/mol. The average molecular weight is 251 g/mol. The maximum atomic E-state index is 12.5. The fourth-order valence-corrected chi connectivity index (χ4v) is 1.53. The molecule has 92 valence electrons. The minimum Gasteiger partial charge on any atom is -0.239 e. The van der Waals surface area contributed by atoms with Crippen molar-refractivity contribution in [1.82, 2.24) is 9.78 Å². The van der Waals surface area contributed by atoms with Crippen LogP contribution < -0.4 is 0 Å². The summed E-state index contributed by atoms with van der Waals surface area (Å²) < 4.78 is 38.4. The van der Waals surface area contributed by atoms with Crippen molar-refractivity contribution >= 4 is 0 Å². The molecule has 0 aliphatic heterocycles. The van der Waals surface area contributed by atoms with Crippen molar-refractivity contribution in [2.24, 2.45) is 0 Å². The van der Waals surface area contributed by atoms with E-state index in [1.54, 1.807) is 25.1 Å². The predicted octanol–water partition coefficient (Wildman–Crippen LogP) is 3.07. The largest absolute Gasteiger partial charge is 0.419 e. The Bertz CT molecular complexity index is 620. The summed E-state index contributed by atoms with van der Waals surface area (Å²) in [6.45, 7) is 1.79. The van der Waals surface area contributed by atoms with E-state index in [2.05, 4.69) is 5.10 Å². The van der Waals surface area contributed by atoms with Gasteiger partial charge in [-0.1, -0.05) is 6.07 Å². The molecule has 0 aliphatic rings. The molecule has 1 heterocycles. The van der Waals surface area contributed by atoms with Gasteiger partial charge in [0.15, 0.2) is 0 Å². The summed E-state index contributed by atoms with van der Waals surface area (Å²) in [5.74, 6) is 0. The molecule has 0 saturated carbocycles. The molecule has 3 nitrogen and oxygen atoms in total. The molecule has 0 spiro atoms. The summed E-state index contributed by atoms with van der Waals surface area (Å²) in [7, 11) is 0.